The summed E-state index contributed by atoms with van der Waals surface area (Å²) in [7, 11) is 0. The summed E-state index contributed by atoms with van der Waals surface area (Å²) >= 11 is 0. The maximum Gasteiger partial charge on any atom is 0.317 e. The van der Waals surface area contributed by atoms with Crippen molar-refractivity contribution in [2.75, 3.05) is 32.7 Å². The van der Waals surface area contributed by atoms with Crippen LogP contribution in [0.25, 0.3) is 0 Å². The number of piperazine rings is 1. The highest BCUT2D eigenvalue weighted by Gasteiger charge is 2.26. The van der Waals surface area contributed by atoms with Gasteiger partial charge >= 0.3 is 5.97 Å². The molecular weight excluding hydrogens is 264 g/mol. The van der Waals surface area contributed by atoms with E-state index in [0.717, 1.165) is 32.6 Å². The maximum absolute atomic E-state index is 10.8. The van der Waals surface area contributed by atoms with Gasteiger partial charge in [-0.1, -0.05) is 44.2 Å². The summed E-state index contributed by atoms with van der Waals surface area (Å²) in [6.07, 6.45) is 1.14. The fourth-order valence-electron chi connectivity index (χ4n) is 3.04. The summed E-state index contributed by atoms with van der Waals surface area (Å²) < 4.78 is 0. The van der Waals surface area contributed by atoms with Crippen LogP contribution in [0.4, 0.5) is 0 Å². The van der Waals surface area contributed by atoms with E-state index in [4.69, 9.17) is 5.11 Å². The number of carbonyl (C=O) groups is 1. The molecule has 116 valence electrons. The molecule has 2 rings (SSSR count). The van der Waals surface area contributed by atoms with Crippen LogP contribution in [0.15, 0.2) is 30.3 Å². The first-order valence-corrected chi connectivity index (χ1v) is 7.79. The number of aliphatic carboxylic acids is 1. The van der Waals surface area contributed by atoms with E-state index in [1.165, 1.54) is 5.56 Å². The molecule has 4 nitrogen and oxygen atoms in total. The van der Waals surface area contributed by atoms with Gasteiger partial charge in [0.2, 0.25) is 0 Å². The summed E-state index contributed by atoms with van der Waals surface area (Å²) in [5.74, 6) is -0.0857. The van der Waals surface area contributed by atoms with Gasteiger partial charge in [0.05, 0.1) is 6.54 Å². The molecule has 1 aromatic rings. The smallest absolute Gasteiger partial charge is 0.317 e. The third kappa shape index (κ3) is 4.83. The van der Waals surface area contributed by atoms with Crippen molar-refractivity contribution in [2.24, 2.45) is 5.92 Å². The molecule has 0 amide bonds. The zero-order valence-electron chi connectivity index (χ0n) is 13.0. The number of carboxylic acids is 1. The maximum atomic E-state index is 10.8. The van der Waals surface area contributed by atoms with Crippen molar-refractivity contribution in [2.45, 2.75) is 26.3 Å². The van der Waals surface area contributed by atoms with Crippen LogP contribution in [0.5, 0.6) is 0 Å². The number of hydrogen-bond acceptors (Lipinski definition) is 3. The third-order valence-corrected chi connectivity index (χ3v) is 4.09. The Morgan fingerprint density at radius 2 is 1.76 bits per heavy atom. The van der Waals surface area contributed by atoms with Gasteiger partial charge < -0.3 is 5.11 Å². The van der Waals surface area contributed by atoms with Crippen LogP contribution in [0.3, 0.4) is 0 Å². The van der Waals surface area contributed by atoms with Crippen molar-refractivity contribution in [3.63, 3.8) is 0 Å². The highest BCUT2D eigenvalue weighted by molar-refractivity contribution is 5.69. The second-order valence-electron chi connectivity index (χ2n) is 6.26. The van der Waals surface area contributed by atoms with Crippen LogP contribution in [0.1, 0.15) is 31.9 Å². The van der Waals surface area contributed by atoms with E-state index in [1.54, 1.807) is 0 Å². The first-order chi connectivity index (χ1) is 10.1. The van der Waals surface area contributed by atoms with Gasteiger partial charge in [-0.2, -0.15) is 0 Å². The third-order valence-electron chi connectivity index (χ3n) is 4.09. The predicted octanol–water partition coefficient (Wildman–Crippen LogP) is 2.48. The molecule has 1 aromatic carbocycles. The average molecular weight is 290 g/mol. The van der Waals surface area contributed by atoms with Gasteiger partial charge in [-0.3, -0.25) is 14.6 Å². The Bertz CT molecular complexity index is 439. The fraction of sp³-hybridized carbons (Fsp3) is 0.588. The van der Waals surface area contributed by atoms with Crippen LogP contribution in [0, 0.1) is 5.92 Å². The van der Waals surface area contributed by atoms with Crippen molar-refractivity contribution < 1.29 is 9.90 Å². The molecule has 1 fully saturated rings. The van der Waals surface area contributed by atoms with Crippen LogP contribution in [-0.2, 0) is 4.79 Å². The minimum atomic E-state index is -0.731. The molecule has 0 radical (unpaired) electrons. The highest BCUT2D eigenvalue weighted by Crippen LogP contribution is 2.28. The zero-order chi connectivity index (χ0) is 15.2. The van der Waals surface area contributed by atoms with E-state index >= 15 is 0 Å². The lowest BCUT2D eigenvalue weighted by Gasteiger charge is -2.39. The van der Waals surface area contributed by atoms with E-state index in [0.29, 0.717) is 12.0 Å². The fourth-order valence-corrected chi connectivity index (χ4v) is 3.04. The summed E-state index contributed by atoms with van der Waals surface area (Å²) in [5, 5.41) is 8.88. The number of carboxylic acid groups (broad SMARTS) is 1. The zero-order valence-corrected chi connectivity index (χ0v) is 13.0. The molecule has 0 bridgehead atoms. The van der Waals surface area contributed by atoms with E-state index < -0.39 is 5.97 Å². The summed E-state index contributed by atoms with van der Waals surface area (Å²) in [6, 6.07) is 11.1. The number of hydrogen-bond donors (Lipinski definition) is 1. The van der Waals surface area contributed by atoms with Crippen LogP contribution >= 0.6 is 0 Å². The van der Waals surface area contributed by atoms with Crippen molar-refractivity contribution in [1.82, 2.24) is 9.80 Å². The highest BCUT2D eigenvalue weighted by atomic mass is 16.4. The van der Waals surface area contributed by atoms with Crippen molar-refractivity contribution >= 4 is 5.97 Å². The Balaban J connectivity index is 2.01. The molecule has 1 aliphatic rings. The Kier molecular flexibility index (Phi) is 5.76. The minimum absolute atomic E-state index is 0.161. The molecule has 1 N–H and O–H groups in total. The Morgan fingerprint density at radius 3 is 2.29 bits per heavy atom. The van der Waals surface area contributed by atoms with Gasteiger partial charge in [0.15, 0.2) is 0 Å². The summed E-state index contributed by atoms with van der Waals surface area (Å²) in [4.78, 5) is 15.3. The molecule has 0 saturated carbocycles. The Labute approximate surface area is 127 Å². The van der Waals surface area contributed by atoms with Crippen LogP contribution in [-0.4, -0.2) is 53.6 Å². The van der Waals surface area contributed by atoms with E-state index in [9.17, 15) is 4.79 Å². The van der Waals surface area contributed by atoms with Crippen LogP contribution in [0.2, 0.25) is 0 Å². The van der Waals surface area contributed by atoms with E-state index in [1.807, 2.05) is 4.90 Å². The van der Waals surface area contributed by atoms with Crippen LogP contribution < -0.4 is 0 Å². The molecule has 4 heteroatoms. The number of benzene rings is 1. The largest absolute Gasteiger partial charge is 0.480 e. The lowest BCUT2D eigenvalue weighted by Crippen LogP contribution is -2.49. The van der Waals surface area contributed by atoms with Gasteiger partial charge in [-0.25, -0.2) is 0 Å². The average Bonchev–Trinajstić information content (AvgIpc) is 2.46. The first-order valence-electron chi connectivity index (χ1n) is 7.79. The molecular formula is C17H26N2O2. The first kappa shape index (κ1) is 16.0. The van der Waals surface area contributed by atoms with E-state index in [2.05, 4.69) is 49.1 Å². The Morgan fingerprint density at radius 1 is 1.14 bits per heavy atom. The SMILES string of the molecule is CC(C)CC(c1ccccc1)N1CCN(CC(=O)O)CC1. The second kappa shape index (κ2) is 7.57. The number of rotatable bonds is 6. The topological polar surface area (TPSA) is 43.8 Å². The standard InChI is InChI=1S/C17H26N2O2/c1-14(2)12-16(15-6-4-3-5-7-15)19-10-8-18(9-11-19)13-17(20)21/h3-7,14,16H,8-13H2,1-2H3,(H,20,21). The van der Waals surface area contributed by atoms with Gasteiger partial charge in [-0.15, -0.1) is 0 Å². The van der Waals surface area contributed by atoms with Crippen molar-refractivity contribution in [3.8, 4) is 0 Å². The molecule has 21 heavy (non-hydrogen) atoms. The normalized spacial score (nSPS) is 18.8. The van der Waals surface area contributed by atoms with E-state index in [-0.39, 0.29) is 6.54 Å². The minimum Gasteiger partial charge on any atom is -0.480 e. The molecule has 0 spiro atoms. The molecule has 1 heterocycles. The summed E-state index contributed by atoms with van der Waals surface area (Å²) in [6.45, 7) is 8.25. The molecule has 1 saturated heterocycles. The predicted molar refractivity (Wildman–Crippen MR) is 84.3 cm³/mol. The van der Waals surface area contributed by atoms with Gasteiger partial charge in [0.1, 0.15) is 0 Å². The van der Waals surface area contributed by atoms with Gasteiger partial charge in [0, 0.05) is 32.2 Å². The molecule has 0 aliphatic carbocycles. The Hall–Kier alpha value is -1.39. The molecule has 1 unspecified atom stereocenters. The second-order valence-corrected chi connectivity index (χ2v) is 6.26. The molecule has 1 aliphatic heterocycles. The lowest BCUT2D eigenvalue weighted by atomic mass is 9.95. The lowest BCUT2D eigenvalue weighted by molar-refractivity contribution is -0.138. The summed E-state index contributed by atoms with van der Waals surface area (Å²) in [5.41, 5.74) is 1.37. The van der Waals surface area contributed by atoms with Gasteiger partial charge in [-0.05, 0) is 17.9 Å². The van der Waals surface area contributed by atoms with Gasteiger partial charge in [0.25, 0.3) is 0 Å². The monoisotopic (exact) mass is 290 g/mol. The quantitative estimate of drug-likeness (QED) is 0.874. The van der Waals surface area contributed by atoms with Crippen molar-refractivity contribution in [1.29, 1.82) is 0 Å². The molecule has 1 atom stereocenters. The molecule has 0 aromatic heterocycles. The van der Waals surface area contributed by atoms with Crippen molar-refractivity contribution in [3.05, 3.63) is 35.9 Å². The number of nitrogens with zero attached hydrogens (tertiary/aromatic N) is 2.